The van der Waals surface area contributed by atoms with Gasteiger partial charge in [-0.05, 0) is 99.0 Å². The molecule has 0 spiro atoms. The molecule has 1 atom stereocenters. The molecule has 0 radical (unpaired) electrons. The van der Waals surface area contributed by atoms with E-state index in [1.807, 2.05) is 16.3 Å². The van der Waals surface area contributed by atoms with E-state index in [0.29, 0.717) is 22.2 Å². The lowest BCUT2D eigenvalue weighted by atomic mass is 9.83. The van der Waals surface area contributed by atoms with Crippen LogP contribution in [-0.4, -0.2) is 55.0 Å². The van der Waals surface area contributed by atoms with E-state index in [1.165, 1.54) is 23.3 Å². The minimum Gasteiger partial charge on any atom is -0.496 e. The molecule has 1 aromatic heterocycles. The molecule has 7 nitrogen and oxygen atoms in total. The molecule has 2 aliphatic rings. The number of hydrogen-bond donors (Lipinski definition) is 2. The van der Waals surface area contributed by atoms with Gasteiger partial charge in [0.15, 0.2) is 5.13 Å². The molecule has 8 heteroatoms. The van der Waals surface area contributed by atoms with Crippen LogP contribution in [0.3, 0.4) is 0 Å². The molecule has 206 valence electrons. The van der Waals surface area contributed by atoms with Crippen molar-refractivity contribution in [2.24, 2.45) is 11.8 Å². The summed E-state index contributed by atoms with van der Waals surface area (Å²) >= 11 is 1.38. The zero-order valence-electron chi connectivity index (χ0n) is 22.9. The van der Waals surface area contributed by atoms with Gasteiger partial charge >= 0.3 is 0 Å². The van der Waals surface area contributed by atoms with Crippen LogP contribution in [0.15, 0.2) is 47.8 Å². The molecule has 39 heavy (non-hydrogen) atoms. The van der Waals surface area contributed by atoms with E-state index in [9.17, 15) is 9.59 Å². The van der Waals surface area contributed by atoms with E-state index >= 15 is 0 Å². The van der Waals surface area contributed by atoms with Gasteiger partial charge in [0.2, 0.25) is 0 Å². The summed E-state index contributed by atoms with van der Waals surface area (Å²) in [6, 6.07) is 13.1. The molecule has 2 N–H and O–H groups in total. The highest BCUT2D eigenvalue weighted by Crippen LogP contribution is 2.34. The summed E-state index contributed by atoms with van der Waals surface area (Å²) in [6.07, 6.45) is 6.68. The first-order chi connectivity index (χ1) is 19.1. The fourth-order valence-electron chi connectivity index (χ4n) is 5.72. The van der Waals surface area contributed by atoms with Crippen molar-refractivity contribution < 1.29 is 14.3 Å². The monoisotopic (exact) mass is 546 g/mol. The molecular formula is C31H38N4O3S. The Morgan fingerprint density at radius 2 is 1.85 bits per heavy atom. The van der Waals surface area contributed by atoms with Crippen molar-refractivity contribution in [1.29, 1.82) is 0 Å². The number of thiazole rings is 1. The number of likely N-dealkylation sites (tertiary alicyclic amines) is 1. The molecule has 0 saturated carbocycles. The first-order valence-electron chi connectivity index (χ1n) is 14.1. The number of carbonyl (C=O) groups excluding carboxylic acids is 2. The number of piperidine rings is 1. The molecule has 0 bridgehead atoms. The van der Waals surface area contributed by atoms with E-state index < -0.39 is 0 Å². The number of unbranched alkanes of at least 4 members (excludes halogenated alkanes) is 1. The predicted octanol–water partition coefficient (Wildman–Crippen LogP) is 5.88. The summed E-state index contributed by atoms with van der Waals surface area (Å²) in [5.74, 6) is 2.03. The van der Waals surface area contributed by atoms with Crippen molar-refractivity contribution in [3.8, 4) is 17.0 Å². The maximum Gasteiger partial charge on any atom is 0.257 e. The fraction of sp³-hybridized carbons (Fsp3) is 0.452. The van der Waals surface area contributed by atoms with Gasteiger partial charge in [0.05, 0.1) is 12.8 Å². The zero-order valence-corrected chi connectivity index (χ0v) is 23.7. The van der Waals surface area contributed by atoms with Crippen molar-refractivity contribution in [3.05, 3.63) is 64.5 Å². The number of aromatic nitrogens is 1. The topological polar surface area (TPSA) is 83.6 Å². The van der Waals surface area contributed by atoms with Crippen LogP contribution in [0, 0.1) is 11.8 Å². The third-order valence-corrected chi connectivity index (χ3v) is 8.83. The SMILES string of the molecule is CCCCc1ccc(OC)c(-c2csc(NC(=O)c3ccc(C(=O)N4CCC(C5CCNC5)CC4)cc3)n2)c1. The molecule has 2 amide bonds. The molecule has 0 aliphatic carbocycles. The van der Waals surface area contributed by atoms with Gasteiger partial charge in [0, 0.05) is 35.2 Å². The second-order valence-corrected chi connectivity index (χ2v) is 11.4. The lowest BCUT2D eigenvalue weighted by Crippen LogP contribution is -2.40. The Labute approximate surface area is 235 Å². The molecule has 5 rings (SSSR count). The Morgan fingerprint density at radius 1 is 1.08 bits per heavy atom. The average Bonchev–Trinajstić information content (AvgIpc) is 3.69. The molecule has 2 saturated heterocycles. The minimum absolute atomic E-state index is 0.0460. The van der Waals surface area contributed by atoms with Gasteiger partial charge in [-0.15, -0.1) is 11.3 Å². The lowest BCUT2D eigenvalue weighted by molar-refractivity contribution is 0.0663. The van der Waals surface area contributed by atoms with Crippen molar-refractivity contribution in [3.63, 3.8) is 0 Å². The number of hydrogen-bond acceptors (Lipinski definition) is 6. The zero-order chi connectivity index (χ0) is 27.2. The molecule has 2 fully saturated rings. The molecule has 3 aromatic rings. The molecule has 3 heterocycles. The maximum absolute atomic E-state index is 13.1. The standard InChI is InChI=1S/C31H38N4O3S/c1-3-4-5-21-6-11-28(38-2)26(18-21)27-20-39-31(33-27)34-29(36)23-7-9-24(10-8-23)30(37)35-16-13-22(14-17-35)25-12-15-32-19-25/h6-11,18,20,22,25,32H,3-5,12-17,19H2,1-2H3,(H,33,34,36). The van der Waals surface area contributed by atoms with Crippen LogP contribution >= 0.6 is 11.3 Å². The summed E-state index contributed by atoms with van der Waals surface area (Å²) < 4.78 is 5.57. The number of aryl methyl sites for hydroxylation is 1. The van der Waals surface area contributed by atoms with Crippen molar-refractivity contribution >= 4 is 28.3 Å². The van der Waals surface area contributed by atoms with E-state index in [2.05, 4.69) is 34.7 Å². The fourth-order valence-corrected chi connectivity index (χ4v) is 6.42. The van der Waals surface area contributed by atoms with Gasteiger partial charge < -0.3 is 15.0 Å². The minimum atomic E-state index is -0.246. The highest BCUT2D eigenvalue weighted by Gasteiger charge is 2.30. The molecule has 2 aliphatic heterocycles. The number of rotatable bonds is 9. The van der Waals surface area contributed by atoms with Gasteiger partial charge in [-0.2, -0.15) is 0 Å². The first kappa shape index (κ1) is 27.3. The summed E-state index contributed by atoms with van der Waals surface area (Å²) in [4.78, 5) is 32.6. The Balaban J connectivity index is 1.19. The van der Waals surface area contributed by atoms with Crippen molar-refractivity contribution in [2.75, 3.05) is 38.6 Å². The summed E-state index contributed by atoms with van der Waals surface area (Å²) in [7, 11) is 1.66. The number of methoxy groups -OCH3 is 1. The number of anilines is 1. The average molecular weight is 547 g/mol. The van der Waals surface area contributed by atoms with Gasteiger partial charge in [0.1, 0.15) is 5.75 Å². The van der Waals surface area contributed by atoms with E-state index in [0.717, 1.165) is 81.2 Å². The summed E-state index contributed by atoms with van der Waals surface area (Å²) in [5, 5.41) is 8.82. The van der Waals surface area contributed by atoms with Crippen LogP contribution in [0.5, 0.6) is 5.75 Å². The number of benzene rings is 2. The number of carbonyl (C=O) groups is 2. The Hall–Kier alpha value is -3.23. The van der Waals surface area contributed by atoms with E-state index in [-0.39, 0.29) is 11.8 Å². The first-order valence-corrected chi connectivity index (χ1v) is 15.0. The van der Waals surface area contributed by atoms with Crippen LogP contribution in [0.1, 0.15) is 65.3 Å². The quantitative estimate of drug-likeness (QED) is 0.350. The third-order valence-electron chi connectivity index (χ3n) is 8.07. The molecule has 1 unspecified atom stereocenters. The van der Waals surface area contributed by atoms with Gasteiger partial charge in [-0.1, -0.05) is 19.4 Å². The van der Waals surface area contributed by atoms with Crippen molar-refractivity contribution in [2.45, 2.75) is 45.4 Å². The molecule has 2 aromatic carbocycles. The van der Waals surface area contributed by atoms with Gasteiger partial charge in [-0.25, -0.2) is 4.98 Å². The Kier molecular flexibility index (Phi) is 8.94. The van der Waals surface area contributed by atoms with Crippen LogP contribution in [-0.2, 0) is 6.42 Å². The lowest BCUT2D eigenvalue weighted by Gasteiger charge is -2.34. The normalized spacial score (nSPS) is 17.8. The number of nitrogens with zero attached hydrogens (tertiary/aromatic N) is 2. The Morgan fingerprint density at radius 3 is 2.54 bits per heavy atom. The summed E-state index contributed by atoms with van der Waals surface area (Å²) in [5.41, 5.74) is 4.07. The maximum atomic E-state index is 13.1. The highest BCUT2D eigenvalue weighted by molar-refractivity contribution is 7.14. The third kappa shape index (κ3) is 6.50. The van der Waals surface area contributed by atoms with Gasteiger partial charge in [0.25, 0.3) is 11.8 Å². The smallest absolute Gasteiger partial charge is 0.257 e. The second-order valence-electron chi connectivity index (χ2n) is 10.6. The largest absolute Gasteiger partial charge is 0.496 e. The van der Waals surface area contributed by atoms with Crippen LogP contribution < -0.4 is 15.4 Å². The van der Waals surface area contributed by atoms with E-state index in [4.69, 9.17) is 4.74 Å². The van der Waals surface area contributed by atoms with Gasteiger partial charge in [-0.3, -0.25) is 14.9 Å². The van der Waals surface area contributed by atoms with Crippen LogP contribution in [0.4, 0.5) is 5.13 Å². The number of amides is 2. The van der Waals surface area contributed by atoms with Crippen LogP contribution in [0.25, 0.3) is 11.3 Å². The molecular weight excluding hydrogens is 508 g/mol. The highest BCUT2D eigenvalue weighted by atomic mass is 32.1. The second kappa shape index (κ2) is 12.7. The van der Waals surface area contributed by atoms with Crippen molar-refractivity contribution in [1.82, 2.24) is 15.2 Å². The Bertz CT molecular complexity index is 1280. The van der Waals surface area contributed by atoms with E-state index in [1.54, 1.807) is 31.4 Å². The van der Waals surface area contributed by atoms with Crippen LogP contribution in [0.2, 0.25) is 0 Å². The summed E-state index contributed by atoms with van der Waals surface area (Å²) in [6.45, 7) is 6.03. The predicted molar refractivity (Wildman–Crippen MR) is 157 cm³/mol. The number of nitrogens with one attached hydrogen (secondary N) is 2. The number of ether oxygens (including phenoxy) is 1.